The van der Waals surface area contributed by atoms with Crippen molar-refractivity contribution in [1.82, 2.24) is 4.90 Å². The van der Waals surface area contributed by atoms with Crippen molar-refractivity contribution in [3.8, 4) is 0 Å². The van der Waals surface area contributed by atoms with Gasteiger partial charge in [0.05, 0.1) is 6.61 Å². The van der Waals surface area contributed by atoms with Crippen LogP contribution in [0.3, 0.4) is 0 Å². The van der Waals surface area contributed by atoms with E-state index in [0.29, 0.717) is 18.5 Å². The summed E-state index contributed by atoms with van der Waals surface area (Å²) >= 11 is 0. The Kier molecular flexibility index (Phi) is 5.31. The molecule has 122 valence electrons. The first-order chi connectivity index (χ1) is 9.89. The topological polar surface area (TPSA) is 66.6 Å². The molecule has 0 aromatic rings. The fourth-order valence-corrected chi connectivity index (χ4v) is 4.29. The summed E-state index contributed by atoms with van der Waals surface area (Å²) in [5, 5.41) is 9.35. The Bertz CT molecular complexity index is 364. The quantitative estimate of drug-likeness (QED) is 0.835. The van der Waals surface area contributed by atoms with E-state index in [9.17, 15) is 9.90 Å². The summed E-state index contributed by atoms with van der Waals surface area (Å²) in [5.74, 6) is 0.638. The van der Waals surface area contributed by atoms with Gasteiger partial charge < -0.3 is 15.7 Å². The molecule has 3 N–H and O–H groups in total. The van der Waals surface area contributed by atoms with E-state index in [1.165, 1.54) is 12.8 Å². The van der Waals surface area contributed by atoms with Gasteiger partial charge in [-0.2, -0.15) is 0 Å². The average molecular weight is 296 g/mol. The van der Waals surface area contributed by atoms with Crippen molar-refractivity contribution in [3.63, 3.8) is 0 Å². The third kappa shape index (κ3) is 3.26. The maximum atomic E-state index is 13.1. The highest BCUT2D eigenvalue weighted by atomic mass is 16.3. The normalized spacial score (nSPS) is 33.1. The molecular weight excluding hydrogens is 264 g/mol. The zero-order chi connectivity index (χ0) is 15.6. The van der Waals surface area contributed by atoms with E-state index in [0.717, 1.165) is 25.7 Å². The molecule has 4 heteroatoms. The molecule has 2 aliphatic carbocycles. The number of nitrogens with zero attached hydrogens (tertiary/aromatic N) is 1. The molecule has 3 atom stereocenters. The highest BCUT2D eigenvalue weighted by molar-refractivity contribution is 5.80. The fraction of sp³-hybridized carbons (Fsp3) is 0.941. The molecule has 2 rings (SSSR count). The second-order valence-corrected chi connectivity index (χ2v) is 7.60. The van der Waals surface area contributed by atoms with Crippen molar-refractivity contribution in [2.45, 2.75) is 71.4 Å². The minimum absolute atomic E-state index is 0.0412. The van der Waals surface area contributed by atoms with E-state index in [-0.39, 0.29) is 29.9 Å². The third-order valence-electron chi connectivity index (χ3n) is 6.19. The van der Waals surface area contributed by atoms with Gasteiger partial charge in [-0.05, 0) is 37.0 Å². The fourth-order valence-electron chi connectivity index (χ4n) is 4.29. The minimum Gasteiger partial charge on any atom is -0.395 e. The number of amides is 1. The standard InChI is InChI=1S/C17H32N2O2/c1-12-15(18)9-8-14(17(12,2)3)16(21)19(10-11-20)13-6-4-5-7-13/h12-15,20H,4-11,18H2,1-3H3. The number of hydrogen-bond donors (Lipinski definition) is 2. The van der Waals surface area contributed by atoms with Crippen molar-refractivity contribution in [2.75, 3.05) is 13.2 Å². The lowest BCUT2D eigenvalue weighted by Crippen LogP contribution is -2.54. The number of nitrogens with two attached hydrogens (primary N) is 1. The summed E-state index contributed by atoms with van der Waals surface area (Å²) in [6, 6.07) is 0.535. The number of aliphatic hydroxyl groups is 1. The second-order valence-electron chi connectivity index (χ2n) is 7.60. The van der Waals surface area contributed by atoms with Gasteiger partial charge in [0.15, 0.2) is 0 Å². The predicted molar refractivity (Wildman–Crippen MR) is 84.7 cm³/mol. The molecular formula is C17H32N2O2. The molecule has 4 nitrogen and oxygen atoms in total. The number of aliphatic hydroxyl groups excluding tert-OH is 1. The molecule has 0 spiro atoms. The highest BCUT2D eigenvalue weighted by Crippen LogP contribution is 2.45. The molecule has 21 heavy (non-hydrogen) atoms. The van der Waals surface area contributed by atoms with Gasteiger partial charge in [-0.3, -0.25) is 4.79 Å². The van der Waals surface area contributed by atoms with Crippen LogP contribution in [0.2, 0.25) is 0 Å². The predicted octanol–water partition coefficient (Wildman–Crippen LogP) is 2.15. The number of hydrogen-bond acceptors (Lipinski definition) is 3. The molecule has 2 saturated carbocycles. The number of rotatable bonds is 4. The maximum Gasteiger partial charge on any atom is 0.226 e. The van der Waals surface area contributed by atoms with E-state index in [4.69, 9.17) is 5.73 Å². The van der Waals surface area contributed by atoms with Crippen LogP contribution in [0.15, 0.2) is 0 Å². The van der Waals surface area contributed by atoms with Crippen LogP contribution in [-0.2, 0) is 4.79 Å². The van der Waals surface area contributed by atoms with Crippen LogP contribution in [0.25, 0.3) is 0 Å². The van der Waals surface area contributed by atoms with E-state index in [2.05, 4.69) is 20.8 Å². The van der Waals surface area contributed by atoms with Gasteiger partial charge in [0, 0.05) is 24.5 Å². The molecule has 0 aromatic heterocycles. The number of carbonyl (C=O) groups is 1. The Morgan fingerprint density at radius 3 is 2.43 bits per heavy atom. The van der Waals surface area contributed by atoms with Gasteiger partial charge in [0.1, 0.15) is 0 Å². The zero-order valence-corrected chi connectivity index (χ0v) is 13.8. The molecule has 3 unspecified atom stereocenters. The minimum atomic E-state index is -0.0684. The van der Waals surface area contributed by atoms with E-state index >= 15 is 0 Å². The van der Waals surface area contributed by atoms with Crippen molar-refractivity contribution < 1.29 is 9.90 Å². The Morgan fingerprint density at radius 1 is 1.24 bits per heavy atom. The Morgan fingerprint density at radius 2 is 1.86 bits per heavy atom. The summed E-state index contributed by atoms with van der Waals surface area (Å²) < 4.78 is 0. The lowest BCUT2D eigenvalue weighted by Gasteiger charge is -2.48. The number of carbonyl (C=O) groups excluding carboxylic acids is 1. The first-order valence-corrected chi connectivity index (χ1v) is 8.56. The highest BCUT2D eigenvalue weighted by Gasteiger charge is 2.47. The smallest absolute Gasteiger partial charge is 0.226 e. The van der Waals surface area contributed by atoms with Crippen LogP contribution >= 0.6 is 0 Å². The Labute approximate surface area is 129 Å². The molecule has 1 amide bonds. The molecule has 2 fully saturated rings. The Hall–Kier alpha value is -0.610. The van der Waals surface area contributed by atoms with Crippen molar-refractivity contribution in [3.05, 3.63) is 0 Å². The summed E-state index contributed by atoms with van der Waals surface area (Å²) in [6.07, 6.45) is 6.40. The van der Waals surface area contributed by atoms with Crippen LogP contribution < -0.4 is 5.73 Å². The van der Waals surface area contributed by atoms with E-state index < -0.39 is 0 Å². The SMILES string of the molecule is CC1C(N)CCC(C(=O)N(CCO)C2CCCC2)C1(C)C. The maximum absolute atomic E-state index is 13.1. The molecule has 0 saturated heterocycles. The first-order valence-electron chi connectivity index (χ1n) is 8.56. The first kappa shape index (κ1) is 16.8. The molecule has 0 aliphatic heterocycles. The van der Waals surface area contributed by atoms with Crippen LogP contribution in [0.1, 0.15) is 59.3 Å². The van der Waals surface area contributed by atoms with Gasteiger partial charge in [-0.1, -0.05) is 33.6 Å². The van der Waals surface area contributed by atoms with Crippen LogP contribution in [0.5, 0.6) is 0 Å². The molecule has 2 aliphatic rings. The molecule has 0 aromatic carbocycles. The van der Waals surface area contributed by atoms with E-state index in [1.807, 2.05) is 4.90 Å². The zero-order valence-electron chi connectivity index (χ0n) is 13.8. The summed E-state index contributed by atoms with van der Waals surface area (Å²) in [7, 11) is 0. The summed E-state index contributed by atoms with van der Waals surface area (Å²) in [6.45, 7) is 7.09. The second kappa shape index (κ2) is 6.66. The van der Waals surface area contributed by atoms with Crippen molar-refractivity contribution in [2.24, 2.45) is 23.0 Å². The molecule has 0 bridgehead atoms. The van der Waals surface area contributed by atoms with Gasteiger partial charge in [0.25, 0.3) is 0 Å². The summed E-state index contributed by atoms with van der Waals surface area (Å²) in [4.78, 5) is 15.1. The lowest BCUT2D eigenvalue weighted by molar-refractivity contribution is -0.146. The van der Waals surface area contributed by atoms with Crippen molar-refractivity contribution in [1.29, 1.82) is 0 Å². The molecule has 0 heterocycles. The van der Waals surface area contributed by atoms with Crippen LogP contribution in [0.4, 0.5) is 0 Å². The largest absolute Gasteiger partial charge is 0.395 e. The monoisotopic (exact) mass is 296 g/mol. The van der Waals surface area contributed by atoms with Crippen LogP contribution in [-0.4, -0.2) is 41.1 Å². The molecule has 0 radical (unpaired) electrons. The summed E-state index contributed by atoms with van der Waals surface area (Å²) in [5.41, 5.74) is 6.14. The van der Waals surface area contributed by atoms with Crippen molar-refractivity contribution >= 4 is 5.91 Å². The van der Waals surface area contributed by atoms with Gasteiger partial charge in [0.2, 0.25) is 5.91 Å². The van der Waals surface area contributed by atoms with Gasteiger partial charge in [-0.25, -0.2) is 0 Å². The van der Waals surface area contributed by atoms with Gasteiger partial charge in [-0.15, -0.1) is 0 Å². The average Bonchev–Trinajstić information content (AvgIpc) is 2.95. The lowest BCUT2D eigenvalue weighted by atomic mass is 9.60. The van der Waals surface area contributed by atoms with Crippen LogP contribution in [0, 0.1) is 17.3 Å². The third-order valence-corrected chi connectivity index (χ3v) is 6.19. The van der Waals surface area contributed by atoms with E-state index in [1.54, 1.807) is 0 Å². The Balaban J connectivity index is 2.15. The van der Waals surface area contributed by atoms with Gasteiger partial charge >= 0.3 is 0 Å².